The van der Waals surface area contributed by atoms with Crippen molar-refractivity contribution in [1.29, 1.82) is 0 Å². The van der Waals surface area contributed by atoms with E-state index in [0.717, 1.165) is 29.3 Å². The number of aryl methyl sites for hydroxylation is 1. The quantitative estimate of drug-likeness (QED) is 0.847. The fourth-order valence-electron chi connectivity index (χ4n) is 2.05. The Balaban J connectivity index is 2.14. The first-order chi connectivity index (χ1) is 8.76. The Labute approximate surface area is 119 Å². The third kappa shape index (κ3) is 3.37. The molecule has 1 aliphatic rings. The van der Waals surface area contributed by atoms with Gasteiger partial charge in [-0.2, -0.15) is 0 Å². The number of rotatable bonds is 6. The summed E-state index contributed by atoms with van der Waals surface area (Å²) in [5, 5.41) is 3.22. The first-order valence-corrected chi connectivity index (χ1v) is 8.88. The van der Waals surface area contributed by atoms with Gasteiger partial charge in [0.2, 0.25) is 10.0 Å². The molecule has 1 aromatic heterocycles. The van der Waals surface area contributed by atoms with Gasteiger partial charge in [0, 0.05) is 22.3 Å². The molecule has 108 valence electrons. The topological polar surface area (TPSA) is 58.2 Å². The van der Waals surface area contributed by atoms with Crippen molar-refractivity contribution in [3.8, 4) is 0 Å². The van der Waals surface area contributed by atoms with Crippen molar-refractivity contribution in [2.75, 3.05) is 6.54 Å². The lowest BCUT2D eigenvalue weighted by Gasteiger charge is -2.07. The van der Waals surface area contributed by atoms with Gasteiger partial charge in [-0.25, -0.2) is 13.1 Å². The van der Waals surface area contributed by atoms with Crippen molar-refractivity contribution in [2.45, 2.75) is 51.6 Å². The minimum absolute atomic E-state index is 0.0778. The predicted octanol–water partition coefficient (Wildman–Crippen LogP) is 2.24. The minimum atomic E-state index is -3.37. The van der Waals surface area contributed by atoms with Gasteiger partial charge in [0.05, 0.1) is 4.90 Å². The number of thiophene rings is 1. The highest BCUT2D eigenvalue weighted by molar-refractivity contribution is 7.89. The van der Waals surface area contributed by atoms with Gasteiger partial charge in [0.1, 0.15) is 0 Å². The van der Waals surface area contributed by atoms with E-state index in [1.165, 1.54) is 0 Å². The van der Waals surface area contributed by atoms with Gasteiger partial charge in [-0.15, -0.1) is 11.3 Å². The summed E-state index contributed by atoms with van der Waals surface area (Å²) in [7, 11) is -3.37. The Hall–Kier alpha value is -0.430. The van der Waals surface area contributed by atoms with E-state index in [-0.39, 0.29) is 11.5 Å². The largest absolute Gasteiger partial charge is 0.312 e. The molecule has 4 nitrogen and oxygen atoms in total. The van der Waals surface area contributed by atoms with Crippen molar-refractivity contribution in [3.63, 3.8) is 0 Å². The second kappa shape index (κ2) is 5.16. The Kier molecular flexibility index (Phi) is 4.07. The van der Waals surface area contributed by atoms with Crippen LogP contribution in [0.1, 0.15) is 36.9 Å². The molecule has 0 aliphatic heterocycles. The summed E-state index contributed by atoms with van der Waals surface area (Å²) in [5.74, 6) is 0. The number of sulfonamides is 1. The molecule has 0 amide bonds. The molecule has 0 saturated heterocycles. The highest BCUT2D eigenvalue weighted by atomic mass is 32.2. The van der Waals surface area contributed by atoms with Crippen molar-refractivity contribution < 1.29 is 8.42 Å². The monoisotopic (exact) mass is 302 g/mol. The third-order valence-corrected chi connectivity index (χ3v) is 6.35. The highest BCUT2D eigenvalue weighted by Gasteiger charge is 2.48. The van der Waals surface area contributed by atoms with E-state index in [2.05, 4.69) is 23.9 Å². The van der Waals surface area contributed by atoms with Crippen molar-refractivity contribution in [2.24, 2.45) is 5.41 Å². The predicted molar refractivity (Wildman–Crippen MR) is 78.9 cm³/mol. The van der Waals surface area contributed by atoms with Crippen LogP contribution in [0.3, 0.4) is 0 Å². The van der Waals surface area contributed by atoms with E-state index in [0.29, 0.717) is 4.90 Å². The molecule has 1 fully saturated rings. The Bertz CT molecular complexity index is 561. The van der Waals surface area contributed by atoms with Gasteiger partial charge in [-0.1, -0.05) is 20.8 Å². The van der Waals surface area contributed by atoms with Crippen LogP contribution in [0.5, 0.6) is 0 Å². The second-order valence-electron chi connectivity index (χ2n) is 5.78. The molecule has 1 aliphatic carbocycles. The van der Waals surface area contributed by atoms with Gasteiger partial charge in [-0.05, 0) is 31.4 Å². The smallest absolute Gasteiger partial charge is 0.241 e. The summed E-state index contributed by atoms with van der Waals surface area (Å²) < 4.78 is 27.5. The molecule has 1 atom stereocenters. The lowest BCUT2D eigenvalue weighted by Crippen LogP contribution is -2.28. The molecule has 19 heavy (non-hydrogen) atoms. The maximum absolute atomic E-state index is 12.4. The van der Waals surface area contributed by atoms with E-state index in [9.17, 15) is 8.42 Å². The fraction of sp³-hybridized carbons (Fsp3) is 0.692. The fourth-order valence-corrected chi connectivity index (χ4v) is 5.06. The maximum Gasteiger partial charge on any atom is 0.241 e. The van der Waals surface area contributed by atoms with E-state index >= 15 is 0 Å². The highest BCUT2D eigenvalue weighted by Crippen LogP contribution is 2.45. The number of hydrogen-bond donors (Lipinski definition) is 2. The Morgan fingerprint density at radius 3 is 2.63 bits per heavy atom. The minimum Gasteiger partial charge on any atom is -0.312 e. The lowest BCUT2D eigenvalue weighted by atomic mass is 10.2. The van der Waals surface area contributed by atoms with E-state index in [1.54, 1.807) is 17.4 Å². The molecule has 1 heterocycles. The summed E-state index contributed by atoms with van der Waals surface area (Å²) in [6.45, 7) is 9.68. The molecule has 6 heteroatoms. The molecule has 2 N–H and O–H groups in total. The van der Waals surface area contributed by atoms with Crippen molar-refractivity contribution >= 4 is 21.4 Å². The van der Waals surface area contributed by atoms with Gasteiger partial charge < -0.3 is 5.32 Å². The van der Waals surface area contributed by atoms with E-state index in [4.69, 9.17) is 0 Å². The first-order valence-electron chi connectivity index (χ1n) is 6.58. The zero-order valence-corrected chi connectivity index (χ0v) is 13.5. The summed E-state index contributed by atoms with van der Waals surface area (Å²) in [6.07, 6.45) is 0.916. The van der Waals surface area contributed by atoms with Crippen LogP contribution in [-0.2, 0) is 16.6 Å². The molecule has 0 spiro atoms. The zero-order valence-electron chi connectivity index (χ0n) is 11.9. The van der Waals surface area contributed by atoms with Crippen molar-refractivity contribution in [3.05, 3.63) is 15.8 Å². The Morgan fingerprint density at radius 2 is 2.11 bits per heavy atom. The number of nitrogens with one attached hydrogen (secondary N) is 2. The molecule has 1 aromatic rings. The van der Waals surface area contributed by atoms with Crippen LogP contribution in [0.15, 0.2) is 11.0 Å². The third-order valence-electron chi connectivity index (χ3n) is 3.57. The molecule has 1 saturated carbocycles. The van der Waals surface area contributed by atoms with Gasteiger partial charge in [-0.3, -0.25) is 0 Å². The van der Waals surface area contributed by atoms with Crippen LogP contribution in [0.4, 0.5) is 0 Å². The van der Waals surface area contributed by atoms with Crippen LogP contribution in [0, 0.1) is 12.3 Å². The van der Waals surface area contributed by atoms with Crippen LogP contribution < -0.4 is 10.0 Å². The average molecular weight is 302 g/mol. The van der Waals surface area contributed by atoms with Crippen LogP contribution in [0.25, 0.3) is 0 Å². The number of hydrogen-bond acceptors (Lipinski definition) is 4. The Morgan fingerprint density at radius 1 is 1.47 bits per heavy atom. The first kappa shape index (κ1) is 15.0. The standard InChI is InChI=1S/C13H22N2O2S2/c1-5-14-8-10-6-11(9(2)18-10)19(16,17)15-12-7-13(12,3)4/h6,12,14-15H,5,7-8H2,1-4H3. The molecule has 2 rings (SSSR count). The zero-order chi connectivity index (χ0) is 14.3. The maximum atomic E-state index is 12.4. The lowest BCUT2D eigenvalue weighted by molar-refractivity contribution is 0.555. The van der Waals surface area contributed by atoms with E-state index in [1.807, 2.05) is 13.8 Å². The van der Waals surface area contributed by atoms with Crippen LogP contribution in [0.2, 0.25) is 0 Å². The van der Waals surface area contributed by atoms with Gasteiger partial charge in [0.15, 0.2) is 0 Å². The molecular weight excluding hydrogens is 280 g/mol. The summed E-state index contributed by atoms with van der Waals surface area (Å²) in [4.78, 5) is 2.36. The molecular formula is C13H22N2O2S2. The van der Waals surface area contributed by atoms with Gasteiger partial charge >= 0.3 is 0 Å². The molecule has 1 unspecified atom stereocenters. The molecule has 0 radical (unpaired) electrons. The van der Waals surface area contributed by atoms with Crippen molar-refractivity contribution in [1.82, 2.24) is 10.0 Å². The summed E-state index contributed by atoms with van der Waals surface area (Å²) in [5.41, 5.74) is 0.101. The molecule has 0 aromatic carbocycles. The molecule has 0 bridgehead atoms. The average Bonchev–Trinajstić information content (AvgIpc) is 2.72. The van der Waals surface area contributed by atoms with E-state index < -0.39 is 10.0 Å². The normalized spacial score (nSPS) is 21.6. The SMILES string of the molecule is CCNCc1cc(S(=O)(=O)NC2CC2(C)C)c(C)s1. The van der Waals surface area contributed by atoms with Crippen LogP contribution in [-0.4, -0.2) is 21.0 Å². The summed E-state index contributed by atoms with van der Waals surface area (Å²) in [6, 6.07) is 1.87. The second-order valence-corrected chi connectivity index (χ2v) is 8.80. The van der Waals surface area contributed by atoms with Crippen LogP contribution >= 0.6 is 11.3 Å². The van der Waals surface area contributed by atoms with Gasteiger partial charge in [0.25, 0.3) is 0 Å². The summed E-state index contributed by atoms with van der Waals surface area (Å²) >= 11 is 1.55.